The second kappa shape index (κ2) is 66.7. The molecule has 0 radical (unpaired) electrons. The SMILES string of the molecule is CCCCc1ccccc1N(C(=S)[S-])c1ccccc1CCCC.CCCCc1ccccc1N(C(=S)[S-])c1ccccc1CCCC.CCCCc1ccccc1N(C(=S)[S-])c1ccccc1CCCC.CCCCc1ccccc1N(C(=S)[S-])c1ccccc1CCCC.[O]=[Mo+4].[O]=[Mo+4].[O]=[Mo+4].[S-2].[S-2].[S-2].[S-2]. The maximum atomic E-state index is 8.26. The van der Waals surface area contributed by atoms with Gasteiger partial charge in [-0.05, 0) is 196 Å². The first-order valence-corrected chi connectivity index (χ1v) is 41.6. The van der Waals surface area contributed by atoms with Crippen LogP contribution in [0.5, 0.6) is 0 Å². The van der Waals surface area contributed by atoms with Crippen molar-refractivity contribution in [2.75, 3.05) is 19.6 Å². The second-order valence-corrected chi connectivity index (χ2v) is 28.4. The number of rotatable bonds is 32. The van der Waals surface area contributed by atoms with Gasteiger partial charge in [0, 0.05) is 45.5 Å². The van der Waals surface area contributed by atoms with E-state index in [1.54, 1.807) is 0 Å². The van der Waals surface area contributed by atoms with Crippen molar-refractivity contribution in [2.45, 2.75) is 209 Å². The van der Waals surface area contributed by atoms with Crippen molar-refractivity contribution in [3.63, 3.8) is 0 Å². The molecule has 0 amide bonds. The summed E-state index contributed by atoms with van der Waals surface area (Å²) in [7, 11) is 0. The molecular weight excluding hydrogens is 1790 g/mol. The van der Waals surface area contributed by atoms with Gasteiger partial charge in [0.25, 0.3) is 0 Å². The fourth-order valence-corrected chi connectivity index (χ4v) is 13.3. The van der Waals surface area contributed by atoms with Gasteiger partial charge in [0.05, 0.1) is 0 Å². The number of benzene rings is 8. The smallest absolute Gasteiger partial charge is 2.00 e. The third kappa shape index (κ3) is 37.1. The Morgan fingerprint density at radius 1 is 0.226 bits per heavy atom. The van der Waals surface area contributed by atoms with Gasteiger partial charge in [-0.3, -0.25) is 0 Å². The Kier molecular flexibility index (Phi) is 67.4. The van der Waals surface area contributed by atoms with E-state index in [1.165, 1.54) is 147 Å². The van der Waals surface area contributed by atoms with Gasteiger partial charge in [0.2, 0.25) is 0 Å². The topological polar surface area (TPSA) is 64.2 Å². The van der Waals surface area contributed by atoms with Crippen molar-refractivity contribution in [3.8, 4) is 0 Å². The summed E-state index contributed by atoms with van der Waals surface area (Å²) in [6.45, 7) is 17.8. The van der Waals surface area contributed by atoms with Gasteiger partial charge in [0.15, 0.2) is 0 Å². The predicted molar refractivity (Wildman–Crippen MR) is 480 cm³/mol. The molecule has 0 unspecified atom stereocenters. The van der Waals surface area contributed by atoms with E-state index in [9.17, 15) is 0 Å². The molecule has 0 bridgehead atoms. The minimum absolute atomic E-state index is 0. The van der Waals surface area contributed by atoms with E-state index in [-0.39, 0.29) is 54.0 Å². The quantitative estimate of drug-likeness (QED) is 0.0228. The Bertz CT molecular complexity index is 3030. The molecule has 7 nitrogen and oxygen atoms in total. The van der Waals surface area contributed by atoms with Gasteiger partial charge >= 0.3 is 69.5 Å². The van der Waals surface area contributed by atoms with Crippen molar-refractivity contribution >= 4 is 216 Å². The van der Waals surface area contributed by atoms with E-state index < -0.39 is 0 Å². The molecule has 8 aromatic rings. The molecule has 568 valence electrons. The number of thiocarbonyl (C=S) groups is 4. The van der Waals surface area contributed by atoms with E-state index in [2.05, 4.69) is 269 Å². The maximum Gasteiger partial charge on any atom is -2.00 e. The Morgan fingerprint density at radius 3 is 0.406 bits per heavy atom. The van der Waals surface area contributed by atoms with Crippen LogP contribution in [0.15, 0.2) is 194 Å². The van der Waals surface area contributed by atoms with Crippen molar-refractivity contribution in [1.29, 1.82) is 0 Å². The summed E-state index contributed by atoms with van der Waals surface area (Å²) in [6, 6.07) is 68.0. The predicted octanol–water partition coefficient (Wildman–Crippen LogP) is 25.0. The van der Waals surface area contributed by atoms with E-state index in [1.807, 2.05) is 0 Å². The van der Waals surface area contributed by atoms with Crippen LogP contribution in [0.2, 0.25) is 0 Å². The van der Waals surface area contributed by atoms with Crippen LogP contribution < -0.4 is 19.6 Å². The van der Waals surface area contributed by atoms with Crippen LogP contribution in [0.3, 0.4) is 0 Å². The van der Waals surface area contributed by atoms with Gasteiger partial charge in [-0.25, -0.2) is 0 Å². The molecule has 0 N–H and O–H groups in total. The van der Waals surface area contributed by atoms with Crippen LogP contribution >= 0.6 is 48.9 Å². The zero-order valence-corrected chi connectivity index (χ0v) is 78.4. The molecule has 0 saturated heterocycles. The summed E-state index contributed by atoms with van der Waals surface area (Å²) >= 11 is 45.8. The number of hydrogen-bond acceptors (Lipinski definition) is 11. The number of aryl methyl sites for hydroxylation is 8. The Morgan fingerprint density at radius 2 is 0.321 bits per heavy atom. The number of unbranched alkanes of at least 4 members (excludes halogenated alkanes) is 8. The molecule has 0 heterocycles. The Hall–Kier alpha value is -2.94. The normalized spacial score (nSPS) is 9.75. The zero-order chi connectivity index (χ0) is 75.5. The van der Waals surface area contributed by atoms with Crippen molar-refractivity contribution in [1.82, 2.24) is 0 Å². The van der Waals surface area contributed by atoms with Gasteiger partial charge in [-0.1, -0.05) is 270 Å². The standard InChI is InChI=1S/4C21H27NS2.3Mo.3O.4S/c4*1-3-5-11-17-13-7-9-15-19(17)22(21(23)24)20-16-10-8-14-18(20)12-6-4-2;;;;;;;;;;/h4*7-10,13-16H,3-6,11-12H2,1-2H3,(H,23,24);;;;;;;;;;/q;;;;3*+4;;;;4*-2/p-4. The van der Waals surface area contributed by atoms with Gasteiger partial charge < -0.3 is 173 Å². The molecule has 22 heteroatoms. The van der Waals surface area contributed by atoms with E-state index in [0.29, 0.717) is 76.6 Å². The first kappa shape index (κ1) is 107. The fraction of sp³-hybridized carbons (Fsp3) is 0.381. The van der Waals surface area contributed by atoms with Crippen LogP contribution in [0.4, 0.5) is 45.5 Å². The van der Waals surface area contributed by atoms with Gasteiger partial charge in [-0.2, -0.15) is 0 Å². The number of nitrogens with zero attached hydrogens (tertiary/aromatic N) is 4. The monoisotopic (exact) mass is 1890 g/mol. The first-order valence-electron chi connectivity index (χ1n) is 35.9. The van der Waals surface area contributed by atoms with Crippen molar-refractivity contribution < 1.29 is 69.5 Å². The van der Waals surface area contributed by atoms with Crippen molar-refractivity contribution in [2.24, 2.45) is 0 Å². The summed E-state index contributed by atoms with van der Waals surface area (Å²) in [5.41, 5.74) is 19.6. The third-order valence-electron chi connectivity index (χ3n) is 17.0. The molecule has 8 rings (SSSR count). The van der Waals surface area contributed by atoms with Gasteiger partial charge in [0.1, 0.15) is 0 Å². The summed E-state index contributed by atoms with van der Waals surface area (Å²) in [5, 5.41) is 0. The van der Waals surface area contributed by atoms with Gasteiger partial charge in [-0.15, -0.1) is 0 Å². The Balaban J connectivity index is -0.00000129. The molecule has 0 aromatic heterocycles. The molecule has 106 heavy (non-hydrogen) atoms. The number of anilines is 8. The van der Waals surface area contributed by atoms with Crippen LogP contribution in [-0.2, 0) is 225 Å². The molecule has 0 spiro atoms. The Labute approximate surface area is 744 Å². The zero-order valence-electron chi connectivity index (χ0n) is 62.6. The number of hydrogen-bond donors (Lipinski definition) is 0. The largest absolute Gasteiger partial charge is 2.00 e. The average Bonchev–Trinajstić information content (AvgIpc) is 0.825. The van der Waals surface area contributed by atoms with Crippen LogP contribution in [0.1, 0.15) is 203 Å². The molecule has 0 aliphatic carbocycles. The first-order chi connectivity index (χ1) is 49.7. The van der Waals surface area contributed by atoms with E-state index >= 15 is 0 Å². The van der Waals surface area contributed by atoms with Crippen LogP contribution in [0, 0.1) is 0 Å². The fourth-order valence-electron chi connectivity index (χ4n) is 11.8. The summed E-state index contributed by atoms with van der Waals surface area (Å²) < 4.78 is 26.7. The van der Waals surface area contributed by atoms with Crippen LogP contribution in [-0.4, -0.2) is 17.3 Å². The van der Waals surface area contributed by atoms with E-state index in [4.69, 9.17) is 110 Å². The summed E-state index contributed by atoms with van der Waals surface area (Å²) in [6.07, 6.45) is 27.3. The molecular formula is C84H104Mo3N4O3S12. The minimum Gasteiger partial charge on any atom is -2.00 e. The molecule has 0 atom stereocenters. The minimum atomic E-state index is 0. The second-order valence-electron chi connectivity index (χ2n) is 24.3. The molecule has 0 saturated carbocycles. The summed E-state index contributed by atoms with van der Waals surface area (Å²) in [4.78, 5) is 8.34. The molecule has 0 fully saturated rings. The van der Waals surface area contributed by atoms with Crippen LogP contribution in [0.25, 0.3) is 0 Å². The van der Waals surface area contributed by atoms with E-state index in [0.717, 1.165) is 96.9 Å². The summed E-state index contributed by atoms with van der Waals surface area (Å²) in [5.74, 6) is 0. The molecule has 8 aromatic carbocycles. The molecule has 0 aliphatic heterocycles. The number of para-hydroxylation sites is 8. The molecule has 0 aliphatic rings. The third-order valence-corrected chi connectivity index (χ3v) is 18.4. The average molecular weight is 1890 g/mol. The van der Waals surface area contributed by atoms with Crippen molar-refractivity contribution in [3.05, 3.63) is 239 Å². The maximum absolute atomic E-state index is 8.26.